The van der Waals surface area contributed by atoms with Gasteiger partial charge in [0.15, 0.2) is 0 Å². The van der Waals surface area contributed by atoms with E-state index in [0.717, 1.165) is 19.0 Å². The Labute approximate surface area is 118 Å². The van der Waals surface area contributed by atoms with Crippen molar-refractivity contribution < 1.29 is 22.8 Å². The predicted molar refractivity (Wildman–Crippen MR) is 75.9 cm³/mol. The number of hydrogen-bond donors (Lipinski definition) is 1. The molecule has 0 radical (unpaired) electrons. The second-order valence-electron chi connectivity index (χ2n) is 4.14. The van der Waals surface area contributed by atoms with Crippen LogP contribution in [0.1, 0.15) is 27.2 Å². The molecule has 0 saturated carbocycles. The molecule has 0 rings (SSSR count). The highest BCUT2D eigenvalue weighted by Gasteiger charge is 2.37. The summed E-state index contributed by atoms with van der Waals surface area (Å²) in [5.74, 6) is -0.735. The van der Waals surface area contributed by atoms with Crippen molar-refractivity contribution >= 4 is 8.80 Å². The van der Waals surface area contributed by atoms with Crippen LogP contribution in [-0.4, -0.2) is 55.8 Å². The lowest BCUT2D eigenvalue weighted by Crippen LogP contribution is -2.49. The number of nitrogens with one attached hydrogen (secondary N) is 1. The molecule has 1 N–H and O–H groups in total. The van der Waals surface area contributed by atoms with Gasteiger partial charge in [-0.15, -0.1) is 0 Å². The lowest BCUT2D eigenvalue weighted by molar-refractivity contribution is -0.240. The fourth-order valence-corrected chi connectivity index (χ4v) is 3.59. The molecule has 0 aliphatic heterocycles. The van der Waals surface area contributed by atoms with Crippen molar-refractivity contribution in [2.75, 3.05) is 41.1 Å². The zero-order valence-electron chi connectivity index (χ0n) is 13.1. The molecule has 0 fully saturated rings. The van der Waals surface area contributed by atoms with Gasteiger partial charge < -0.3 is 22.8 Å². The van der Waals surface area contributed by atoms with Gasteiger partial charge in [0.1, 0.15) is 0 Å². The average Bonchev–Trinajstić information content (AvgIpc) is 2.40. The first-order valence-corrected chi connectivity index (χ1v) is 8.63. The van der Waals surface area contributed by atoms with Crippen LogP contribution in [0.2, 0.25) is 6.04 Å². The molecule has 0 aromatic rings. The summed E-state index contributed by atoms with van der Waals surface area (Å²) in [6, 6.07) is 0.748. The van der Waals surface area contributed by atoms with Crippen LogP contribution < -0.4 is 5.32 Å². The van der Waals surface area contributed by atoms with Crippen LogP contribution in [0.4, 0.5) is 0 Å². The van der Waals surface area contributed by atoms with Gasteiger partial charge in [0.2, 0.25) is 5.91 Å². The fraction of sp³-hybridized carbons (Fsp3) is 1.00. The first-order valence-electron chi connectivity index (χ1n) is 6.69. The molecule has 116 valence electrons. The highest BCUT2D eigenvalue weighted by atomic mass is 28.4. The van der Waals surface area contributed by atoms with Crippen molar-refractivity contribution in [3.63, 3.8) is 0 Å². The topological polar surface area (TPSA) is 58.2 Å². The number of rotatable bonds is 12. The van der Waals surface area contributed by atoms with E-state index in [1.54, 1.807) is 21.3 Å². The molecule has 0 saturated heterocycles. The first kappa shape index (κ1) is 19.0. The molecule has 0 aromatic heterocycles. The van der Waals surface area contributed by atoms with Crippen LogP contribution in [0, 0.1) is 0 Å². The third kappa shape index (κ3) is 6.80. The normalized spacial score (nSPS) is 12.9. The predicted octanol–water partition coefficient (Wildman–Crippen LogP) is 1.59. The minimum Gasteiger partial charge on any atom is -0.377 e. The van der Waals surface area contributed by atoms with E-state index in [9.17, 15) is 0 Å². The molecule has 19 heavy (non-hydrogen) atoms. The smallest absolute Gasteiger partial charge is 0.377 e. The van der Waals surface area contributed by atoms with Gasteiger partial charge in [-0.05, 0) is 20.3 Å². The maximum Gasteiger partial charge on any atom is 0.500 e. The summed E-state index contributed by atoms with van der Waals surface area (Å²) in [4.78, 5) is 0. The number of hydrogen-bond acceptors (Lipinski definition) is 6. The van der Waals surface area contributed by atoms with E-state index in [-0.39, 0.29) is 0 Å². The monoisotopic (exact) mass is 295 g/mol. The van der Waals surface area contributed by atoms with Gasteiger partial charge in [-0.2, -0.15) is 0 Å². The Morgan fingerprint density at radius 3 is 1.79 bits per heavy atom. The van der Waals surface area contributed by atoms with Crippen LogP contribution in [-0.2, 0) is 22.8 Å². The van der Waals surface area contributed by atoms with Gasteiger partial charge in [-0.25, -0.2) is 0 Å². The SMILES string of the molecule is CCOC(C)(NCCC[Si](OC)(OC)OC)OCC. The van der Waals surface area contributed by atoms with Crippen LogP contribution in [0.5, 0.6) is 0 Å². The average molecular weight is 295 g/mol. The molecule has 0 unspecified atom stereocenters. The first-order chi connectivity index (χ1) is 9.01. The molecule has 0 spiro atoms. The molecule has 0 bridgehead atoms. The van der Waals surface area contributed by atoms with Crippen LogP contribution in [0.3, 0.4) is 0 Å². The Morgan fingerprint density at radius 1 is 0.947 bits per heavy atom. The maximum atomic E-state index is 5.57. The van der Waals surface area contributed by atoms with E-state index < -0.39 is 14.7 Å². The minimum atomic E-state index is -2.47. The maximum absolute atomic E-state index is 5.57. The standard InChI is InChI=1S/C12H29NO5Si/c1-7-17-12(3,18-8-2)13-10-9-11-19(14-4,15-5)16-6/h13H,7-11H2,1-6H3. The largest absolute Gasteiger partial charge is 0.500 e. The molecule has 0 heterocycles. The van der Waals surface area contributed by atoms with Gasteiger partial charge in [-0.1, -0.05) is 0 Å². The Bertz CT molecular complexity index is 212. The quantitative estimate of drug-likeness (QED) is 0.335. The summed E-state index contributed by atoms with van der Waals surface area (Å²) in [6.07, 6.45) is 0.859. The molecule has 0 aliphatic rings. The van der Waals surface area contributed by atoms with Crippen molar-refractivity contribution in [3.05, 3.63) is 0 Å². The Kier molecular flexibility index (Phi) is 9.80. The van der Waals surface area contributed by atoms with Gasteiger partial charge in [0, 0.05) is 54.1 Å². The van der Waals surface area contributed by atoms with E-state index in [1.807, 2.05) is 20.8 Å². The third-order valence-electron chi connectivity index (χ3n) is 2.88. The summed E-state index contributed by atoms with van der Waals surface area (Å²) in [7, 11) is 2.39. The summed E-state index contributed by atoms with van der Waals surface area (Å²) < 4.78 is 27.2. The molecular formula is C12H29NO5Si. The lowest BCUT2D eigenvalue weighted by Gasteiger charge is -2.30. The van der Waals surface area contributed by atoms with E-state index in [1.165, 1.54) is 0 Å². The van der Waals surface area contributed by atoms with Crippen molar-refractivity contribution in [3.8, 4) is 0 Å². The van der Waals surface area contributed by atoms with E-state index in [0.29, 0.717) is 13.2 Å². The third-order valence-corrected chi connectivity index (χ3v) is 5.71. The molecule has 7 heteroatoms. The van der Waals surface area contributed by atoms with Crippen molar-refractivity contribution in [1.82, 2.24) is 5.32 Å². The zero-order chi connectivity index (χ0) is 14.8. The van der Waals surface area contributed by atoms with Crippen molar-refractivity contribution in [1.29, 1.82) is 0 Å². The van der Waals surface area contributed by atoms with Crippen LogP contribution in [0.25, 0.3) is 0 Å². The van der Waals surface area contributed by atoms with E-state index in [4.69, 9.17) is 22.8 Å². The minimum absolute atomic E-state index is 0.594. The van der Waals surface area contributed by atoms with Crippen LogP contribution >= 0.6 is 0 Å². The molecule has 0 amide bonds. The van der Waals surface area contributed by atoms with Crippen molar-refractivity contribution in [2.24, 2.45) is 0 Å². The highest BCUT2D eigenvalue weighted by molar-refractivity contribution is 6.60. The van der Waals surface area contributed by atoms with E-state index >= 15 is 0 Å². The van der Waals surface area contributed by atoms with E-state index in [2.05, 4.69) is 5.32 Å². The highest BCUT2D eigenvalue weighted by Crippen LogP contribution is 2.15. The van der Waals surface area contributed by atoms with Gasteiger partial charge in [0.05, 0.1) is 0 Å². The van der Waals surface area contributed by atoms with Crippen LogP contribution in [0.15, 0.2) is 0 Å². The van der Waals surface area contributed by atoms with Gasteiger partial charge in [0.25, 0.3) is 0 Å². The molecule has 6 nitrogen and oxygen atoms in total. The summed E-state index contributed by atoms with van der Waals surface area (Å²) in [6.45, 7) is 7.69. The molecule has 0 aromatic carbocycles. The Morgan fingerprint density at radius 2 is 1.42 bits per heavy atom. The second-order valence-corrected chi connectivity index (χ2v) is 7.23. The summed E-state index contributed by atoms with van der Waals surface area (Å²) in [5, 5.41) is 3.25. The zero-order valence-corrected chi connectivity index (χ0v) is 14.1. The lowest BCUT2D eigenvalue weighted by atomic mass is 10.4. The Hall–Kier alpha value is -0.0231. The van der Waals surface area contributed by atoms with Gasteiger partial charge in [-0.3, -0.25) is 5.32 Å². The van der Waals surface area contributed by atoms with Gasteiger partial charge >= 0.3 is 8.80 Å². The van der Waals surface area contributed by atoms with Crippen molar-refractivity contribution in [2.45, 2.75) is 39.1 Å². The summed E-state index contributed by atoms with van der Waals surface area (Å²) in [5.41, 5.74) is 0. The molecule has 0 atom stereocenters. The number of ether oxygens (including phenoxy) is 2. The second kappa shape index (κ2) is 9.81. The fourth-order valence-electron chi connectivity index (χ4n) is 1.87. The Balaban J connectivity index is 4.12. The molecule has 0 aliphatic carbocycles. The summed E-state index contributed by atoms with van der Waals surface area (Å²) >= 11 is 0. The molecular weight excluding hydrogens is 266 g/mol.